The molecule has 1 unspecified atom stereocenters. The van der Waals surface area contributed by atoms with Crippen LogP contribution in [-0.2, 0) is 16.6 Å². The van der Waals surface area contributed by atoms with Crippen LogP contribution < -0.4 is 24.0 Å². The summed E-state index contributed by atoms with van der Waals surface area (Å²) in [6.45, 7) is 4.91. The molecule has 1 aliphatic heterocycles. The van der Waals surface area contributed by atoms with E-state index >= 15 is 0 Å². The average Bonchev–Trinajstić information content (AvgIpc) is 2.75. The summed E-state index contributed by atoms with van der Waals surface area (Å²) >= 11 is 0. The van der Waals surface area contributed by atoms with Gasteiger partial charge in [-0.05, 0) is 18.9 Å². The van der Waals surface area contributed by atoms with Crippen molar-refractivity contribution in [3.8, 4) is 0 Å². The molecule has 1 aliphatic rings. The fourth-order valence-electron chi connectivity index (χ4n) is 3.57. The smallest absolute Gasteiger partial charge is 0.309 e. The molecule has 0 amide bonds. The number of aliphatic carboxylic acids is 1. The SMILES string of the molecule is CC1=[N+](CCC(=O)O)c2ccccc2C1(C)Cc1ccccc1.[I-]. The lowest BCUT2D eigenvalue weighted by Gasteiger charge is -2.22. The summed E-state index contributed by atoms with van der Waals surface area (Å²) < 4.78 is 2.17. The van der Waals surface area contributed by atoms with Crippen molar-refractivity contribution in [3.63, 3.8) is 0 Å². The maximum absolute atomic E-state index is 11.0. The van der Waals surface area contributed by atoms with Crippen LogP contribution in [0.2, 0.25) is 0 Å². The monoisotopic (exact) mass is 435 g/mol. The predicted molar refractivity (Wildman–Crippen MR) is 91.7 cm³/mol. The lowest BCUT2D eigenvalue weighted by molar-refractivity contribution is -0.438. The van der Waals surface area contributed by atoms with Crippen LogP contribution in [-0.4, -0.2) is 27.9 Å². The molecule has 1 atom stereocenters. The second kappa shape index (κ2) is 7.47. The Bertz CT molecular complexity index is 770. The molecule has 3 nitrogen and oxygen atoms in total. The molecule has 0 aliphatic carbocycles. The van der Waals surface area contributed by atoms with Gasteiger partial charge in [-0.15, -0.1) is 0 Å². The molecule has 2 aromatic carbocycles. The van der Waals surface area contributed by atoms with E-state index in [-0.39, 0.29) is 35.8 Å². The zero-order valence-electron chi connectivity index (χ0n) is 14.0. The van der Waals surface area contributed by atoms with E-state index in [9.17, 15) is 4.79 Å². The van der Waals surface area contributed by atoms with E-state index in [0.29, 0.717) is 6.54 Å². The van der Waals surface area contributed by atoms with Gasteiger partial charge in [-0.3, -0.25) is 4.79 Å². The van der Waals surface area contributed by atoms with Gasteiger partial charge < -0.3 is 29.1 Å². The first-order valence-electron chi connectivity index (χ1n) is 7.99. The third kappa shape index (κ3) is 3.38. The zero-order chi connectivity index (χ0) is 16.4. The number of carboxylic acid groups (broad SMARTS) is 1. The third-order valence-electron chi connectivity index (χ3n) is 4.94. The molecule has 0 aromatic heterocycles. The molecular formula is C20H22INO2. The van der Waals surface area contributed by atoms with Crippen LogP contribution in [0.4, 0.5) is 5.69 Å². The highest BCUT2D eigenvalue weighted by Gasteiger charge is 2.46. The topological polar surface area (TPSA) is 40.3 Å². The van der Waals surface area contributed by atoms with Gasteiger partial charge in [0.2, 0.25) is 5.69 Å². The Balaban J connectivity index is 0.00000208. The molecule has 0 bridgehead atoms. The Morgan fingerprint density at radius 1 is 1.08 bits per heavy atom. The van der Waals surface area contributed by atoms with Gasteiger partial charge in [0.05, 0.1) is 5.41 Å². The van der Waals surface area contributed by atoms with E-state index in [0.717, 1.165) is 12.1 Å². The number of nitrogens with zero attached hydrogens (tertiary/aromatic N) is 1. The highest BCUT2D eigenvalue weighted by Crippen LogP contribution is 2.41. The summed E-state index contributed by atoms with van der Waals surface area (Å²) in [4.78, 5) is 11.0. The number of para-hydroxylation sites is 1. The Hall–Kier alpha value is -1.69. The fourth-order valence-corrected chi connectivity index (χ4v) is 3.57. The number of rotatable bonds is 5. The van der Waals surface area contributed by atoms with Gasteiger partial charge in [0.15, 0.2) is 12.3 Å². The Kier molecular flexibility index (Phi) is 5.80. The molecule has 0 fully saturated rings. The predicted octanol–water partition coefficient (Wildman–Crippen LogP) is 0.784. The first-order chi connectivity index (χ1) is 11.0. The van der Waals surface area contributed by atoms with Crippen molar-refractivity contribution in [1.29, 1.82) is 0 Å². The maximum Gasteiger partial charge on any atom is 0.309 e. The molecule has 0 radical (unpaired) electrons. The maximum atomic E-state index is 11.0. The Morgan fingerprint density at radius 2 is 1.71 bits per heavy atom. The van der Waals surface area contributed by atoms with Crippen LogP contribution in [0, 0.1) is 0 Å². The minimum atomic E-state index is -0.757. The van der Waals surface area contributed by atoms with Crippen LogP contribution in [0.1, 0.15) is 31.4 Å². The summed E-state index contributed by atoms with van der Waals surface area (Å²) in [5.41, 5.74) is 4.85. The van der Waals surface area contributed by atoms with E-state index in [1.807, 2.05) is 12.1 Å². The van der Waals surface area contributed by atoms with Gasteiger partial charge in [-0.1, -0.05) is 48.5 Å². The summed E-state index contributed by atoms with van der Waals surface area (Å²) in [5, 5.41) is 9.04. The molecule has 0 saturated heterocycles. The van der Waals surface area contributed by atoms with Crippen LogP contribution in [0.15, 0.2) is 54.6 Å². The van der Waals surface area contributed by atoms with Crippen molar-refractivity contribution in [2.45, 2.75) is 32.1 Å². The number of halogens is 1. The van der Waals surface area contributed by atoms with Crippen LogP contribution >= 0.6 is 0 Å². The quantitative estimate of drug-likeness (QED) is 0.558. The summed E-state index contributed by atoms with van der Waals surface area (Å²) in [7, 11) is 0. The van der Waals surface area contributed by atoms with E-state index in [4.69, 9.17) is 5.11 Å². The molecule has 4 heteroatoms. The van der Waals surface area contributed by atoms with Crippen molar-refractivity contribution in [3.05, 3.63) is 65.7 Å². The van der Waals surface area contributed by atoms with Crippen molar-refractivity contribution >= 4 is 17.4 Å². The average molecular weight is 435 g/mol. The van der Waals surface area contributed by atoms with Gasteiger partial charge in [0.1, 0.15) is 6.42 Å². The van der Waals surface area contributed by atoms with Crippen LogP contribution in [0.25, 0.3) is 0 Å². The van der Waals surface area contributed by atoms with E-state index in [1.54, 1.807) is 0 Å². The molecule has 0 saturated carbocycles. The second-order valence-electron chi connectivity index (χ2n) is 6.39. The summed E-state index contributed by atoms with van der Waals surface area (Å²) in [5.74, 6) is -0.757. The van der Waals surface area contributed by atoms with E-state index < -0.39 is 5.97 Å². The highest BCUT2D eigenvalue weighted by molar-refractivity contribution is 5.94. The Labute approximate surface area is 160 Å². The summed E-state index contributed by atoms with van der Waals surface area (Å²) in [6, 6.07) is 18.8. The normalized spacial score (nSPS) is 18.9. The largest absolute Gasteiger partial charge is 1.00 e. The van der Waals surface area contributed by atoms with Crippen molar-refractivity contribution in [2.75, 3.05) is 6.54 Å². The minimum absolute atomic E-state index is 0. The first-order valence-corrected chi connectivity index (χ1v) is 7.99. The lowest BCUT2D eigenvalue weighted by atomic mass is 9.75. The van der Waals surface area contributed by atoms with Crippen molar-refractivity contribution < 1.29 is 38.5 Å². The van der Waals surface area contributed by atoms with Gasteiger partial charge in [0.25, 0.3) is 0 Å². The number of hydrogen-bond acceptors (Lipinski definition) is 1. The van der Waals surface area contributed by atoms with Crippen LogP contribution in [0.3, 0.4) is 0 Å². The van der Waals surface area contributed by atoms with Crippen LogP contribution in [0.5, 0.6) is 0 Å². The standard InChI is InChI=1S/C20H21NO2.HI/c1-15-20(2,14-16-8-4-3-5-9-16)17-10-6-7-11-18(17)21(15)13-12-19(22)23;/h3-11H,12-14H2,1-2H3;1H. The molecule has 3 rings (SSSR count). The Morgan fingerprint density at radius 3 is 2.38 bits per heavy atom. The minimum Gasteiger partial charge on any atom is -1.00 e. The molecule has 24 heavy (non-hydrogen) atoms. The number of fused-ring (bicyclic) bond motifs is 1. The van der Waals surface area contributed by atoms with Crippen molar-refractivity contribution in [2.24, 2.45) is 0 Å². The van der Waals surface area contributed by atoms with Gasteiger partial charge in [-0.25, -0.2) is 0 Å². The highest BCUT2D eigenvalue weighted by atomic mass is 127. The molecule has 1 N–H and O–H groups in total. The molecular weight excluding hydrogens is 413 g/mol. The number of hydrogen-bond donors (Lipinski definition) is 1. The fraction of sp³-hybridized carbons (Fsp3) is 0.300. The van der Waals surface area contributed by atoms with E-state index in [1.165, 1.54) is 16.8 Å². The molecule has 1 heterocycles. The first kappa shape index (κ1) is 18.6. The van der Waals surface area contributed by atoms with Gasteiger partial charge in [-0.2, -0.15) is 4.58 Å². The number of benzene rings is 2. The third-order valence-corrected chi connectivity index (χ3v) is 4.94. The molecule has 0 spiro atoms. The van der Waals surface area contributed by atoms with E-state index in [2.05, 4.69) is 60.9 Å². The van der Waals surface area contributed by atoms with Crippen molar-refractivity contribution in [1.82, 2.24) is 0 Å². The molecule has 126 valence electrons. The summed E-state index contributed by atoms with van der Waals surface area (Å²) in [6.07, 6.45) is 1.06. The van der Waals surface area contributed by atoms with Gasteiger partial charge >= 0.3 is 5.97 Å². The second-order valence-corrected chi connectivity index (χ2v) is 6.39. The number of carboxylic acids is 1. The van der Waals surface area contributed by atoms with Gasteiger partial charge in [0, 0.05) is 18.6 Å². The zero-order valence-corrected chi connectivity index (χ0v) is 16.2. The lowest BCUT2D eigenvalue weighted by Crippen LogP contribution is -3.00. The molecule has 2 aromatic rings. The number of carbonyl (C=O) groups is 1.